The van der Waals surface area contributed by atoms with Crippen LogP contribution in [0.5, 0.6) is 0 Å². The molecule has 1 aromatic heterocycles. The highest BCUT2D eigenvalue weighted by atomic mass is 32.2. The fourth-order valence-corrected chi connectivity index (χ4v) is 2.35. The van der Waals surface area contributed by atoms with Crippen molar-refractivity contribution in [2.75, 3.05) is 23.4 Å². The zero-order valence-electron chi connectivity index (χ0n) is 11.4. The van der Waals surface area contributed by atoms with Crippen LogP contribution >= 0.6 is 11.8 Å². The minimum Gasteiger partial charge on any atom is -0.370 e. The first kappa shape index (κ1) is 13.7. The van der Waals surface area contributed by atoms with Gasteiger partial charge in [0.25, 0.3) is 0 Å². The molecule has 0 saturated carbocycles. The van der Waals surface area contributed by atoms with Crippen LogP contribution in [0.4, 0.5) is 17.3 Å². The van der Waals surface area contributed by atoms with Crippen molar-refractivity contribution < 1.29 is 0 Å². The Hall–Kier alpha value is -1.75. The monoisotopic (exact) mass is 274 g/mol. The topological polar surface area (TPSA) is 49.8 Å². The predicted octanol–water partition coefficient (Wildman–Crippen LogP) is 3.68. The van der Waals surface area contributed by atoms with Gasteiger partial charge >= 0.3 is 0 Å². The number of thioether (sulfide) groups is 1. The van der Waals surface area contributed by atoms with Crippen LogP contribution in [0.2, 0.25) is 0 Å². The molecule has 100 valence electrons. The first-order chi connectivity index (χ1) is 9.26. The third-order valence-corrected chi connectivity index (χ3v) is 3.58. The average Bonchev–Trinajstić information content (AvgIpc) is 2.44. The molecular formula is C14H18N4S. The Morgan fingerprint density at radius 1 is 1.16 bits per heavy atom. The summed E-state index contributed by atoms with van der Waals surface area (Å²) in [5, 5.41) is 6.61. The fraction of sp³-hybridized carbons (Fsp3) is 0.286. The summed E-state index contributed by atoms with van der Waals surface area (Å²) in [5.74, 6) is 1.72. The maximum atomic E-state index is 4.32. The SMILES string of the molecule is CCNc1ncnc(Nc2ccccc2SC)c1C. The zero-order chi connectivity index (χ0) is 13.7. The van der Waals surface area contributed by atoms with Crippen LogP contribution in [0, 0.1) is 6.92 Å². The van der Waals surface area contributed by atoms with E-state index in [2.05, 4.69) is 45.9 Å². The molecule has 0 unspecified atom stereocenters. The molecule has 0 spiro atoms. The Balaban J connectivity index is 2.30. The van der Waals surface area contributed by atoms with E-state index < -0.39 is 0 Å². The lowest BCUT2D eigenvalue weighted by Gasteiger charge is -2.13. The number of hydrogen-bond acceptors (Lipinski definition) is 5. The molecule has 2 rings (SSSR count). The maximum absolute atomic E-state index is 4.32. The van der Waals surface area contributed by atoms with E-state index in [1.54, 1.807) is 18.1 Å². The third kappa shape index (κ3) is 3.17. The number of para-hydroxylation sites is 1. The summed E-state index contributed by atoms with van der Waals surface area (Å²) in [7, 11) is 0. The number of aromatic nitrogens is 2. The molecule has 0 atom stereocenters. The highest BCUT2D eigenvalue weighted by Crippen LogP contribution is 2.29. The van der Waals surface area contributed by atoms with E-state index in [4.69, 9.17) is 0 Å². The van der Waals surface area contributed by atoms with Gasteiger partial charge in [0.05, 0.1) is 5.69 Å². The summed E-state index contributed by atoms with van der Waals surface area (Å²) in [6.07, 6.45) is 3.65. The molecule has 2 aromatic rings. The largest absolute Gasteiger partial charge is 0.370 e. The van der Waals surface area contributed by atoms with Crippen LogP contribution in [0.25, 0.3) is 0 Å². The van der Waals surface area contributed by atoms with Gasteiger partial charge < -0.3 is 10.6 Å². The van der Waals surface area contributed by atoms with Crippen LogP contribution in [0.15, 0.2) is 35.5 Å². The second-order valence-electron chi connectivity index (χ2n) is 4.05. The molecule has 0 bridgehead atoms. The van der Waals surface area contributed by atoms with Gasteiger partial charge in [0.15, 0.2) is 0 Å². The summed E-state index contributed by atoms with van der Waals surface area (Å²) >= 11 is 1.71. The van der Waals surface area contributed by atoms with Crippen LogP contribution < -0.4 is 10.6 Å². The molecule has 0 aliphatic carbocycles. The number of anilines is 3. The highest BCUT2D eigenvalue weighted by molar-refractivity contribution is 7.98. The molecule has 0 saturated heterocycles. The van der Waals surface area contributed by atoms with E-state index >= 15 is 0 Å². The van der Waals surface area contributed by atoms with Gasteiger partial charge in [0.1, 0.15) is 18.0 Å². The number of nitrogens with zero attached hydrogens (tertiary/aromatic N) is 2. The number of benzene rings is 1. The van der Waals surface area contributed by atoms with E-state index in [9.17, 15) is 0 Å². The molecule has 0 amide bonds. The molecule has 0 aliphatic rings. The van der Waals surface area contributed by atoms with Gasteiger partial charge in [-0.15, -0.1) is 11.8 Å². The van der Waals surface area contributed by atoms with Gasteiger partial charge in [0, 0.05) is 17.0 Å². The van der Waals surface area contributed by atoms with E-state index in [0.717, 1.165) is 29.4 Å². The first-order valence-electron chi connectivity index (χ1n) is 6.21. The van der Waals surface area contributed by atoms with Gasteiger partial charge in [-0.2, -0.15) is 0 Å². The minimum atomic E-state index is 0.840. The lowest BCUT2D eigenvalue weighted by atomic mass is 10.2. The highest BCUT2D eigenvalue weighted by Gasteiger charge is 2.08. The summed E-state index contributed by atoms with van der Waals surface area (Å²) in [4.78, 5) is 9.77. The predicted molar refractivity (Wildman–Crippen MR) is 82.4 cm³/mol. The van der Waals surface area contributed by atoms with Gasteiger partial charge in [-0.1, -0.05) is 12.1 Å². The molecule has 0 aliphatic heterocycles. The molecule has 1 heterocycles. The Labute approximate surface area is 118 Å². The van der Waals surface area contributed by atoms with Crippen LogP contribution in [0.1, 0.15) is 12.5 Å². The van der Waals surface area contributed by atoms with Crippen molar-refractivity contribution in [3.63, 3.8) is 0 Å². The van der Waals surface area contributed by atoms with Crippen molar-refractivity contribution >= 4 is 29.1 Å². The van der Waals surface area contributed by atoms with E-state index in [0.29, 0.717) is 0 Å². The average molecular weight is 274 g/mol. The lowest BCUT2D eigenvalue weighted by Crippen LogP contribution is -2.05. The summed E-state index contributed by atoms with van der Waals surface area (Å²) in [5.41, 5.74) is 2.10. The van der Waals surface area contributed by atoms with Crippen LogP contribution in [-0.4, -0.2) is 22.8 Å². The summed E-state index contributed by atoms with van der Waals surface area (Å²) in [6, 6.07) is 8.20. The lowest BCUT2D eigenvalue weighted by molar-refractivity contribution is 1.08. The smallest absolute Gasteiger partial charge is 0.138 e. The second kappa shape index (κ2) is 6.43. The molecule has 19 heavy (non-hydrogen) atoms. The van der Waals surface area contributed by atoms with Crippen molar-refractivity contribution in [2.45, 2.75) is 18.7 Å². The van der Waals surface area contributed by atoms with E-state index in [1.165, 1.54) is 4.90 Å². The van der Waals surface area contributed by atoms with Crippen molar-refractivity contribution in [2.24, 2.45) is 0 Å². The molecule has 0 radical (unpaired) electrons. The third-order valence-electron chi connectivity index (χ3n) is 2.79. The van der Waals surface area contributed by atoms with E-state index in [1.807, 2.05) is 19.1 Å². The molecule has 1 aromatic carbocycles. The summed E-state index contributed by atoms with van der Waals surface area (Å²) in [6.45, 7) is 4.92. The molecule has 2 N–H and O–H groups in total. The van der Waals surface area contributed by atoms with Crippen LogP contribution in [-0.2, 0) is 0 Å². The maximum Gasteiger partial charge on any atom is 0.138 e. The zero-order valence-corrected chi connectivity index (χ0v) is 12.2. The van der Waals surface area contributed by atoms with Crippen molar-refractivity contribution in [3.8, 4) is 0 Å². The van der Waals surface area contributed by atoms with Crippen molar-refractivity contribution in [3.05, 3.63) is 36.2 Å². The Morgan fingerprint density at radius 2 is 1.89 bits per heavy atom. The fourth-order valence-electron chi connectivity index (χ4n) is 1.80. The first-order valence-corrected chi connectivity index (χ1v) is 7.44. The quantitative estimate of drug-likeness (QED) is 0.814. The minimum absolute atomic E-state index is 0.840. The van der Waals surface area contributed by atoms with Crippen molar-refractivity contribution in [1.29, 1.82) is 0 Å². The standard InChI is InChI=1S/C14H18N4S/c1-4-15-13-10(2)14(17-9-16-13)18-11-7-5-6-8-12(11)19-3/h5-9H,4H2,1-3H3,(H2,15,16,17,18). The molecule has 5 heteroatoms. The Bertz CT molecular complexity index is 557. The van der Waals surface area contributed by atoms with Gasteiger partial charge in [-0.05, 0) is 32.2 Å². The normalized spacial score (nSPS) is 10.3. The summed E-state index contributed by atoms with van der Waals surface area (Å²) < 4.78 is 0. The Kier molecular flexibility index (Phi) is 4.63. The Morgan fingerprint density at radius 3 is 2.63 bits per heavy atom. The van der Waals surface area contributed by atoms with Gasteiger partial charge in [-0.3, -0.25) is 0 Å². The van der Waals surface area contributed by atoms with Crippen molar-refractivity contribution in [1.82, 2.24) is 9.97 Å². The number of rotatable bonds is 5. The number of nitrogens with one attached hydrogen (secondary N) is 2. The van der Waals surface area contributed by atoms with Crippen LogP contribution in [0.3, 0.4) is 0 Å². The number of hydrogen-bond donors (Lipinski definition) is 2. The van der Waals surface area contributed by atoms with E-state index in [-0.39, 0.29) is 0 Å². The van der Waals surface area contributed by atoms with Gasteiger partial charge in [0.2, 0.25) is 0 Å². The molecular weight excluding hydrogens is 256 g/mol. The second-order valence-corrected chi connectivity index (χ2v) is 4.90. The molecule has 0 fully saturated rings. The molecule has 4 nitrogen and oxygen atoms in total. The van der Waals surface area contributed by atoms with Gasteiger partial charge in [-0.25, -0.2) is 9.97 Å².